The average molecular weight is 208 g/mol. The van der Waals surface area contributed by atoms with E-state index in [2.05, 4.69) is 19.9 Å². The van der Waals surface area contributed by atoms with Gasteiger partial charge in [0.2, 0.25) is 0 Å². The molecule has 0 fully saturated rings. The number of hydrogen-bond donors (Lipinski definition) is 0. The summed E-state index contributed by atoms with van der Waals surface area (Å²) in [6.07, 6.45) is 2.10. The first-order valence-corrected chi connectivity index (χ1v) is 5.43. The molecule has 0 aliphatic heterocycles. The third kappa shape index (κ3) is 3.92. The molecule has 0 amide bonds. The fourth-order valence-electron chi connectivity index (χ4n) is 1.41. The first kappa shape index (κ1) is 12.1. The first-order valence-electron chi connectivity index (χ1n) is 5.43. The number of rotatable bonds is 6. The fraction of sp³-hybridized carbons (Fsp3) is 0.538. The van der Waals surface area contributed by atoms with Crippen molar-refractivity contribution in [1.82, 2.24) is 0 Å². The van der Waals surface area contributed by atoms with E-state index < -0.39 is 0 Å². The van der Waals surface area contributed by atoms with Crippen molar-refractivity contribution in [2.45, 2.75) is 26.7 Å². The normalized spacial score (nSPS) is 10.3. The van der Waals surface area contributed by atoms with Gasteiger partial charge in [-0.05, 0) is 43.9 Å². The molecule has 0 spiro atoms. The van der Waals surface area contributed by atoms with Crippen molar-refractivity contribution in [3.05, 3.63) is 29.3 Å². The molecule has 0 aromatic heterocycles. The smallest absolute Gasteiger partial charge is 0.122 e. The van der Waals surface area contributed by atoms with Gasteiger partial charge in [0.1, 0.15) is 5.75 Å². The van der Waals surface area contributed by atoms with Crippen LogP contribution in [-0.2, 0) is 4.74 Å². The standard InChI is InChI=1S/C13H20O2/c1-11-7-6-8-13(12(11)2)15-10-5-4-9-14-3/h6-8H,4-5,9-10H2,1-3H3. The molecule has 15 heavy (non-hydrogen) atoms. The highest BCUT2D eigenvalue weighted by Crippen LogP contribution is 2.20. The summed E-state index contributed by atoms with van der Waals surface area (Å²) in [5, 5.41) is 0. The molecule has 0 bridgehead atoms. The Hall–Kier alpha value is -1.02. The topological polar surface area (TPSA) is 18.5 Å². The van der Waals surface area contributed by atoms with E-state index in [1.165, 1.54) is 11.1 Å². The van der Waals surface area contributed by atoms with Gasteiger partial charge in [0.25, 0.3) is 0 Å². The molecule has 1 aromatic rings. The van der Waals surface area contributed by atoms with Crippen molar-refractivity contribution in [2.24, 2.45) is 0 Å². The Kier molecular flexibility index (Phi) is 5.19. The zero-order valence-electron chi connectivity index (χ0n) is 9.88. The molecule has 84 valence electrons. The van der Waals surface area contributed by atoms with Gasteiger partial charge in [0, 0.05) is 13.7 Å². The fourth-order valence-corrected chi connectivity index (χ4v) is 1.41. The summed E-state index contributed by atoms with van der Waals surface area (Å²) in [5.41, 5.74) is 2.52. The number of benzene rings is 1. The largest absolute Gasteiger partial charge is 0.493 e. The highest BCUT2D eigenvalue weighted by Gasteiger charge is 2.00. The van der Waals surface area contributed by atoms with E-state index >= 15 is 0 Å². The van der Waals surface area contributed by atoms with E-state index in [0.717, 1.165) is 31.8 Å². The quantitative estimate of drug-likeness (QED) is 0.669. The van der Waals surface area contributed by atoms with Crippen LogP contribution in [0.5, 0.6) is 5.75 Å². The minimum atomic E-state index is 0.771. The number of aryl methyl sites for hydroxylation is 1. The summed E-state index contributed by atoms with van der Waals surface area (Å²) in [6, 6.07) is 6.17. The van der Waals surface area contributed by atoms with E-state index in [1.807, 2.05) is 12.1 Å². The zero-order valence-corrected chi connectivity index (χ0v) is 9.88. The Bertz CT molecular complexity index is 295. The van der Waals surface area contributed by atoms with Crippen LogP contribution in [0.1, 0.15) is 24.0 Å². The van der Waals surface area contributed by atoms with Crippen LogP contribution in [0.25, 0.3) is 0 Å². The van der Waals surface area contributed by atoms with Crippen LogP contribution in [0.2, 0.25) is 0 Å². The van der Waals surface area contributed by atoms with Gasteiger partial charge >= 0.3 is 0 Å². The van der Waals surface area contributed by atoms with E-state index in [4.69, 9.17) is 9.47 Å². The van der Waals surface area contributed by atoms with Crippen molar-refractivity contribution >= 4 is 0 Å². The van der Waals surface area contributed by atoms with Gasteiger partial charge in [-0.15, -0.1) is 0 Å². The van der Waals surface area contributed by atoms with Gasteiger partial charge in [0.15, 0.2) is 0 Å². The minimum Gasteiger partial charge on any atom is -0.493 e. The van der Waals surface area contributed by atoms with Gasteiger partial charge in [-0.2, -0.15) is 0 Å². The molecule has 0 radical (unpaired) electrons. The maximum Gasteiger partial charge on any atom is 0.122 e. The van der Waals surface area contributed by atoms with Crippen LogP contribution >= 0.6 is 0 Å². The second-order valence-corrected chi connectivity index (χ2v) is 3.75. The second-order valence-electron chi connectivity index (χ2n) is 3.75. The van der Waals surface area contributed by atoms with Gasteiger partial charge in [-0.25, -0.2) is 0 Å². The van der Waals surface area contributed by atoms with Crippen molar-refractivity contribution in [3.63, 3.8) is 0 Å². The molecule has 2 heteroatoms. The molecule has 0 heterocycles. The molecular weight excluding hydrogens is 188 g/mol. The van der Waals surface area contributed by atoms with Crippen LogP contribution in [0.3, 0.4) is 0 Å². The number of methoxy groups -OCH3 is 1. The van der Waals surface area contributed by atoms with Crippen LogP contribution in [0, 0.1) is 13.8 Å². The maximum atomic E-state index is 5.71. The van der Waals surface area contributed by atoms with Crippen LogP contribution in [0.15, 0.2) is 18.2 Å². The lowest BCUT2D eigenvalue weighted by molar-refractivity contribution is 0.184. The van der Waals surface area contributed by atoms with Crippen molar-refractivity contribution in [3.8, 4) is 5.75 Å². The Morgan fingerprint density at radius 2 is 1.80 bits per heavy atom. The second kappa shape index (κ2) is 6.46. The first-order chi connectivity index (χ1) is 7.25. The molecule has 0 saturated carbocycles. The molecule has 0 N–H and O–H groups in total. The Morgan fingerprint density at radius 1 is 1.07 bits per heavy atom. The third-order valence-corrected chi connectivity index (χ3v) is 2.56. The number of unbranched alkanes of at least 4 members (excludes halogenated alkanes) is 1. The molecule has 1 rings (SSSR count). The summed E-state index contributed by atoms with van der Waals surface area (Å²) in [4.78, 5) is 0. The monoisotopic (exact) mass is 208 g/mol. The SMILES string of the molecule is COCCCCOc1cccc(C)c1C. The van der Waals surface area contributed by atoms with Crippen molar-refractivity contribution in [2.75, 3.05) is 20.3 Å². The summed E-state index contributed by atoms with van der Waals surface area (Å²) in [7, 11) is 1.73. The molecule has 0 atom stereocenters. The van der Waals surface area contributed by atoms with Crippen LogP contribution < -0.4 is 4.74 Å². The minimum absolute atomic E-state index is 0.771. The predicted octanol–water partition coefficient (Wildman–Crippen LogP) is 3.11. The van der Waals surface area contributed by atoms with Gasteiger partial charge in [-0.3, -0.25) is 0 Å². The predicted molar refractivity (Wildman–Crippen MR) is 62.5 cm³/mol. The summed E-state index contributed by atoms with van der Waals surface area (Å²) < 4.78 is 10.7. The van der Waals surface area contributed by atoms with Gasteiger partial charge in [-0.1, -0.05) is 12.1 Å². The van der Waals surface area contributed by atoms with Crippen molar-refractivity contribution < 1.29 is 9.47 Å². The molecule has 2 nitrogen and oxygen atoms in total. The molecule has 0 aliphatic rings. The highest BCUT2D eigenvalue weighted by atomic mass is 16.5. The van der Waals surface area contributed by atoms with E-state index in [9.17, 15) is 0 Å². The molecule has 0 saturated heterocycles. The lowest BCUT2D eigenvalue weighted by Crippen LogP contribution is -2.01. The zero-order chi connectivity index (χ0) is 11.1. The average Bonchev–Trinajstić information content (AvgIpc) is 2.24. The van der Waals surface area contributed by atoms with Crippen LogP contribution in [-0.4, -0.2) is 20.3 Å². The molecule has 0 aliphatic carbocycles. The molecule has 1 aromatic carbocycles. The lowest BCUT2D eigenvalue weighted by Gasteiger charge is -2.10. The Balaban J connectivity index is 2.34. The van der Waals surface area contributed by atoms with E-state index in [0.29, 0.717) is 0 Å². The maximum absolute atomic E-state index is 5.71. The Labute approximate surface area is 92.2 Å². The summed E-state index contributed by atoms with van der Waals surface area (Å²) in [5.74, 6) is 1.01. The molecule has 0 unspecified atom stereocenters. The number of ether oxygens (including phenoxy) is 2. The van der Waals surface area contributed by atoms with E-state index in [1.54, 1.807) is 7.11 Å². The summed E-state index contributed by atoms with van der Waals surface area (Å²) >= 11 is 0. The van der Waals surface area contributed by atoms with Crippen LogP contribution in [0.4, 0.5) is 0 Å². The molecular formula is C13H20O2. The Morgan fingerprint density at radius 3 is 2.53 bits per heavy atom. The summed E-state index contributed by atoms with van der Waals surface area (Å²) in [6.45, 7) is 5.79. The third-order valence-electron chi connectivity index (χ3n) is 2.56. The van der Waals surface area contributed by atoms with Gasteiger partial charge in [0.05, 0.1) is 6.61 Å². The van der Waals surface area contributed by atoms with E-state index in [-0.39, 0.29) is 0 Å². The van der Waals surface area contributed by atoms with Gasteiger partial charge < -0.3 is 9.47 Å². The number of hydrogen-bond acceptors (Lipinski definition) is 2. The lowest BCUT2D eigenvalue weighted by atomic mass is 10.1. The highest BCUT2D eigenvalue weighted by molar-refractivity contribution is 5.38. The van der Waals surface area contributed by atoms with Crippen molar-refractivity contribution in [1.29, 1.82) is 0 Å².